The minimum absolute atomic E-state index is 0. The summed E-state index contributed by atoms with van der Waals surface area (Å²) in [6.45, 7) is 5.95. The lowest BCUT2D eigenvalue weighted by Gasteiger charge is -2.35. The van der Waals surface area contributed by atoms with Crippen LogP contribution < -0.4 is 5.32 Å². The van der Waals surface area contributed by atoms with Gasteiger partial charge in [0, 0.05) is 30.1 Å². The predicted octanol–water partition coefficient (Wildman–Crippen LogP) is 2.87. The molecule has 0 bridgehead atoms. The molecule has 3 nitrogen and oxygen atoms in total. The van der Waals surface area contributed by atoms with Crippen LogP contribution in [-0.4, -0.2) is 36.0 Å². The summed E-state index contributed by atoms with van der Waals surface area (Å²) >= 11 is 1.73. The first-order chi connectivity index (χ1) is 9.13. The minimum atomic E-state index is 0. The number of amides is 1. The van der Waals surface area contributed by atoms with Gasteiger partial charge in [0.05, 0.1) is 4.88 Å². The molecule has 2 unspecified atom stereocenters. The fourth-order valence-electron chi connectivity index (χ4n) is 3.24. The van der Waals surface area contributed by atoms with Crippen LogP contribution in [0.1, 0.15) is 46.8 Å². The van der Waals surface area contributed by atoms with Gasteiger partial charge in [-0.1, -0.05) is 0 Å². The maximum absolute atomic E-state index is 12.6. The lowest BCUT2D eigenvalue weighted by molar-refractivity contribution is 0.0678. The molecule has 2 aliphatic rings. The van der Waals surface area contributed by atoms with Gasteiger partial charge in [-0.15, -0.1) is 23.7 Å². The molecule has 0 aromatic carbocycles. The number of nitrogens with zero attached hydrogens (tertiary/aromatic N) is 1. The number of hydrogen-bond donors (Lipinski definition) is 1. The predicted molar refractivity (Wildman–Crippen MR) is 86.2 cm³/mol. The molecule has 1 aromatic heterocycles. The molecule has 5 heteroatoms. The van der Waals surface area contributed by atoms with Crippen LogP contribution in [0.25, 0.3) is 0 Å². The van der Waals surface area contributed by atoms with Crippen LogP contribution in [0.5, 0.6) is 0 Å². The number of rotatable bonds is 1. The van der Waals surface area contributed by atoms with E-state index < -0.39 is 0 Å². The highest BCUT2D eigenvalue weighted by Gasteiger charge is 2.27. The first-order valence-electron chi connectivity index (χ1n) is 7.30. The van der Waals surface area contributed by atoms with Crippen LogP contribution in [0, 0.1) is 0 Å². The van der Waals surface area contributed by atoms with Gasteiger partial charge in [-0.25, -0.2) is 0 Å². The Morgan fingerprint density at radius 2 is 1.90 bits per heavy atom. The lowest BCUT2D eigenvalue weighted by atomic mass is 9.99. The number of halogens is 1. The molecule has 1 N–H and O–H groups in total. The van der Waals surface area contributed by atoms with Gasteiger partial charge in [-0.05, 0) is 51.2 Å². The van der Waals surface area contributed by atoms with Gasteiger partial charge in [0.15, 0.2) is 0 Å². The van der Waals surface area contributed by atoms with Crippen molar-refractivity contribution in [2.45, 2.75) is 51.6 Å². The van der Waals surface area contributed by atoms with Crippen LogP contribution in [0.2, 0.25) is 0 Å². The van der Waals surface area contributed by atoms with Crippen molar-refractivity contribution in [3.05, 3.63) is 21.4 Å². The van der Waals surface area contributed by atoms with Crippen molar-refractivity contribution in [1.29, 1.82) is 0 Å². The third kappa shape index (κ3) is 3.18. The maximum Gasteiger partial charge on any atom is 0.264 e. The Labute approximate surface area is 131 Å². The van der Waals surface area contributed by atoms with Crippen LogP contribution in [0.3, 0.4) is 0 Å². The molecule has 1 amide bonds. The molecular weight excluding hydrogens is 292 g/mol. The summed E-state index contributed by atoms with van der Waals surface area (Å²) in [4.78, 5) is 17.0. The molecular formula is C15H23ClN2OS. The summed E-state index contributed by atoms with van der Waals surface area (Å²) in [5.41, 5.74) is 1.43. The first kappa shape index (κ1) is 15.8. The SMILES string of the molecule is CC1CN(C(=O)c2cc3c(s2)CCCC3)CC(C)N1.Cl. The molecule has 0 spiro atoms. The Morgan fingerprint density at radius 3 is 2.55 bits per heavy atom. The number of hydrogen-bond acceptors (Lipinski definition) is 3. The number of aryl methyl sites for hydroxylation is 2. The topological polar surface area (TPSA) is 32.3 Å². The van der Waals surface area contributed by atoms with Crippen LogP contribution in [0.4, 0.5) is 0 Å². The van der Waals surface area contributed by atoms with Crippen molar-refractivity contribution in [3.8, 4) is 0 Å². The maximum atomic E-state index is 12.6. The molecule has 1 aromatic rings. The second-order valence-electron chi connectivity index (χ2n) is 5.95. The first-order valence-corrected chi connectivity index (χ1v) is 8.12. The summed E-state index contributed by atoms with van der Waals surface area (Å²) < 4.78 is 0. The zero-order chi connectivity index (χ0) is 13.4. The van der Waals surface area contributed by atoms with Crippen molar-refractivity contribution in [3.63, 3.8) is 0 Å². The van der Waals surface area contributed by atoms with E-state index in [2.05, 4.69) is 25.2 Å². The molecule has 1 aliphatic carbocycles. The van der Waals surface area contributed by atoms with Crippen LogP contribution in [0.15, 0.2) is 6.07 Å². The second kappa shape index (κ2) is 6.46. The van der Waals surface area contributed by atoms with E-state index in [0.717, 1.165) is 24.4 Å². The standard InChI is InChI=1S/C15H22N2OS.ClH/c1-10-8-17(9-11(2)16-10)15(18)14-7-12-5-3-4-6-13(12)19-14;/h7,10-11,16H,3-6,8-9H2,1-2H3;1H. The van der Waals surface area contributed by atoms with Crippen molar-refractivity contribution >= 4 is 29.7 Å². The second-order valence-corrected chi connectivity index (χ2v) is 7.08. The minimum Gasteiger partial charge on any atom is -0.335 e. The molecule has 2 atom stereocenters. The monoisotopic (exact) mass is 314 g/mol. The van der Waals surface area contributed by atoms with Crippen molar-refractivity contribution in [2.24, 2.45) is 0 Å². The van der Waals surface area contributed by atoms with E-state index in [1.165, 1.54) is 29.7 Å². The summed E-state index contributed by atoms with van der Waals surface area (Å²) in [6, 6.07) is 2.93. The highest BCUT2D eigenvalue weighted by Crippen LogP contribution is 2.30. The Morgan fingerprint density at radius 1 is 1.25 bits per heavy atom. The smallest absolute Gasteiger partial charge is 0.264 e. The van der Waals surface area contributed by atoms with Crippen molar-refractivity contribution < 1.29 is 4.79 Å². The summed E-state index contributed by atoms with van der Waals surface area (Å²) in [7, 11) is 0. The number of nitrogens with one attached hydrogen (secondary N) is 1. The number of fused-ring (bicyclic) bond motifs is 1. The molecule has 0 radical (unpaired) electrons. The van der Waals surface area contributed by atoms with E-state index in [1.54, 1.807) is 11.3 Å². The average Bonchev–Trinajstić information content (AvgIpc) is 2.80. The number of carbonyl (C=O) groups is 1. The molecule has 2 heterocycles. The molecule has 0 saturated carbocycles. The lowest BCUT2D eigenvalue weighted by Crippen LogP contribution is -2.55. The van der Waals surface area contributed by atoms with Gasteiger partial charge < -0.3 is 10.2 Å². The molecule has 1 fully saturated rings. The van der Waals surface area contributed by atoms with E-state index >= 15 is 0 Å². The fourth-order valence-corrected chi connectivity index (χ4v) is 4.47. The third-order valence-electron chi connectivity index (χ3n) is 4.05. The van der Waals surface area contributed by atoms with Gasteiger partial charge in [-0.3, -0.25) is 4.79 Å². The Balaban J connectivity index is 0.00000147. The van der Waals surface area contributed by atoms with Crippen LogP contribution >= 0.6 is 23.7 Å². The van der Waals surface area contributed by atoms with Gasteiger partial charge in [0.1, 0.15) is 0 Å². The largest absolute Gasteiger partial charge is 0.335 e. The van der Waals surface area contributed by atoms with Crippen molar-refractivity contribution in [2.75, 3.05) is 13.1 Å². The summed E-state index contributed by atoms with van der Waals surface area (Å²) in [5, 5.41) is 3.47. The molecule has 1 aliphatic heterocycles. The number of thiophene rings is 1. The number of piperazine rings is 1. The average molecular weight is 315 g/mol. The number of carbonyl (C=O) groups excluding carboxylic acids is 1. The highest BCUT2D eigenvalue weighted by atomic mass is 35.5. The third-order valence-corrected chi connectivity index (χ3v) is 5.28. The van der Waals surface area contributed by atoms with E-state index in [9.17, 15) is 4.79 Å². The molecule has 1 saturated heterocycles. The Hall–Kier alpha value is -0.580. The van der Waals surface area contributed by atoms with Gasteiger partial charge in [0.2, 0.25) is 0 Å². The van der Waals surface area contributed by atoms with E-state index in [1.807, 2.05) is 4.90 Å². The van der Waals surface area contributed by atoms with E-state index in [4.69, 9.17) is 0 Å². The van der Waals surface area contributed by atoms with Gasteiger partial charge in [0.25, 0.3) is 5.91 Å². The van der Waals surface area contributed by atoms with E-state index in [-0.39, 0.29) is 18.3 Å². The molecule has 112 valence electrons. The fraction of sp³-hybridized carbons (Fsp3) is 0.667. The van der Waals surface area contributed by atoms with Gasteiger partial charge >= 0.3 is 0 Å². The Kier molecular flexibility index (Phi) is 5.10. The zero-order valence-corrected chi connectivity index (χ0v) is 13.8. The van der Waals surface area contributed by atoms with Crippen molar-refractivity contribution in [1.82, 2.24) is 10.2 Å². The summed E-state index contributed by atoms with van der Waals surface area (Å²) in [5.74, 6) is 0.236. The van der Waals surface area contributed by atoms with Gasteiger partial charge in [-0.2, -0.15) is 0 Å². The normalized spacial score (nSPS) is 25.8. The van der Waals surface area contributed by atoms with Crippen LogP contribution in [-0.2, 0) is 12.8 Å². The quantitative estimate of drug-likeness (QED) is 0.864. The van der Waals surface area contributed by atoms with E-state index in [0.29, 0.717) is 12.1 Å². The highest BCUT2D eigenvalue weighted by molar-refractivity contribution is 7.14. The zero-order valence-electron chi connectivity index (χ0n) is 12.1. The molecule has 20 heavy (non-hydrogen) atoms. The molecule has 3 rings (SSSR count). The Bertz CT molecular complexity index is 455. The summed E-state index contributed by atoms with van der Waals surface area (Å²) in [6.07, 6.45) is 4.89.